The van der Waals surface area contributed by atoms with Crippen LogP contribution in [0.3, 0.4) is 0 Å². The lowest BCUT2D eigenvalue weighted by Crippen LogP contribution is -2.36. The van der Waals surface area contributed by atoms with Gasteiger partial charge < -0.3 is 4.90 Å². The van der Waals surface area contributed by atoms with E-state index in [0.29, 0.717) is 18.0 Å². The van der Waals surface area contributed by atoms with E-state index < -0.39 is 0 Å². The fourth-order valence-corrected chi connectivity index (χ4v) is 2.54. The lowest BCUT2D eigenvalue weighted by atomic mass is 9.95. The minimum Gasteiger partial charge on any atom is -0.371 e. The van der Waals surface area contributed by atoms with E-state index >= 15 is 0 Å². The third-order valence-corrected chi connectivity index (χ3v) is 3.50. The van der Waals surface area contributed by atoms with E-state index in [-0.39, 0.29) is 0 Å². The van der Waals surface area contributed by atoms with Gasteiger partial charge in [-0.05, 0) is 44.3 Å². The molecule has 1 heteroatoms. The number of nitrogens with zero attached hydrogens (tertiary/aromatic N) is 1. The van der Waals surface area contributed by atoms with E-state index in [1.807, 2.05) is 6.08 Å². The van der Waals surface area contributed by atoms with Crippen LogP contribution in [0, 0.1) is 5.92 Å². The normalized spacial score (nSPS) is 21.3. The van der Waals surface area contributed by atoms with Crippen LogP contribution in [0.2, 0.25) is 0 Å². The van der Waals surface area contributed by atoms with Crippen molar-refractivity contribution in [2.75, 3.05) is 0 Å². The van der Waals surface area contributed by atoms with E-state index in [9.17, 15) is 0 Å². The fourth-order valence-electron chi connectivity index (χ4n) is 2.54. The van der Waals surface area contributed by atoms with Gasteiger partial charge in [-0.1, -0.05) is 44.7 Å². The molecule has 0 aromatic rings. The van der Waals surface area contributed by atoms with Crippen LogP contribution < -0.4 is 0 Å². The predicted molar refractivity (Wildman–Crippen MR) is 81.4 cm³/mol. The highest BCUT2D eigenvalue weighted by Gasteiger charge is 2.29. The van der Waals surface area contributed by atoms with E-state index in [1.165, 1.54) is 11.1 Å². The Bertz CT molecular complexity index is 369. The number of rotatable bonds is 5. The Labute approximate surface area is 113 Å². The van der Waals surface area contributed by atoms with E-state index in [1.54, 1.807) is 0 Å². The van der Waals surface area contributed by atoms with Gasteiger partial charge in [0, 0.05) is 18.3 Å². The Morgan fingerprint density at radius 2 is 2.06 bits per heavy atom. The molecule has 1 rings (SSSR count). The molecule has 0 N–H and O–H groups in total. The summed E-state index contributed by atoms with van der Waals surface area (Å²) in [6, 6.07) is 1.18. The molecule has 0 saturated carbocycles. The van der Waals surface area contributed by atoms with Gasteiger partial charge in [0.1, 0.15) is 0 Å². The van der Waals surface area contributed by atoms with Gasteiger partial charge in [0.15, 0.2) is 0 Å². The maximum Gasteiger partial charge on any atom is 0.0351 e. The molecule has 1 aliphatic rings. The largest absolute Gasteiger partial charge is 0.371 e. The molecule has 100 valence electrons. The summed E-state index contributed by atoms with van der Waals surface area (Å²) in [5.41, 5.74) is 2.72. The smallest absolute Gasteiger partial charge is 0.0351 e. The molecule has 0 aromatic heterocycles. The summed E-state index contributed by atoms with van der Waals surface area (Å²) in [7, 11) is 0. The number of hydrogen-bond donors (Lipinski definition) is 0. The minimum absolute atomic E-state index is 0.561. The van der Waals surface area contributed by atoms with E-state index in [2.05, 4.69) is 70.5 Å². The maximum absolute atomic E-state index is 3.81. The summed E-state index contributed by atoms with van der Waals surface area (Å²) in [5, 5.41) is 0. The van der Waals surface area contributed by atoms with Crippen molar-refractivity contribution in [1.29, 1.82) is 0 Å². The Hall–Kier alpha value is -1.24. The molecule has 1 nitrogen and oxygen atoms in total. The van der Waals surface area contributed by atoms with Crippen LogP contribution >= 0.6 is 0 Å². The van der Waals surface area contributed by atoms with Gasteiger partial charge in [-0.3, -0.25) is 0 Å². The first kappa shape index (κ1) is 14.8. The first-order valence-electron chi connectivity index (χ1n) is 6.95. The lowest BCUT2D eigenvalue weighted by Gasteiger charge is -2.32. The molecule has 0 saturated heterocycles. The third-order valence-electron chi connectivity index (χ3n) is 3.50. The summed E-state index contributed by atoms with van der Waals surface area (Å²) in [6.45, 7) is 15.0. The van der Waals surface area contributed by atoms with Gasteiger partial charge in [-0.2, -0.15) is 0 Å². The summed E-state index contributed by atoms with van der Waals surface area (Å²) in [6.07, 6.45) is 11.7. The second-order valence-corrected chi connectivity index (χ2v) is 5.57. The van der Waals surface area contributed by atoms with Gasteiger partial charge in [0.25, 0.3) is 0 Å². The monoisotopic (exact) mass is 245 g/mol. The van der Waals surface area contributed by atoms with Crippen molar-refractivity contribution in [3.05, 3.63) is 48.2 Å². The van der Waals surface area contributed by atoms with Crippen LogP contribution in [0.4, 0.5) is 0 Å². The zero-order valence-corrected chi connectivity index (χ0v) is 12.5. The SMILES string of the molecule is C=C/C=C(\C=C/C)C1=CN(C(C)C)C(C(C)C)C1. The average molecular weight is 245 g/mol. The molecule has 0 fully saturated rings. The number of allylic oxidation sites excluding steroid dienone is 5. The summed E-state index contributed by atoms with van der Waals surface area (Å²) in [5.74, 6) is 0.678. The topological polar surface area (TPSA) is 3.24 Å². The van der Waals surface area contributed by atoms with Crippen LogP contribution in [0.15, 0.2) is 48.2 Å². The van der Waals surface area contributed by atoms with E-state index in [0.717, 1.165) is 6.42 Å². The van der Waals surface area contributed by atoms with Crippen LogP contribution in [-0.2, 0) is 0 Å². The summed E-state index contributed by atoms with van der Waals surface area (Å²) < 4.78 is 0. The van der Waals surface area contributed by atoms with Crippen LogP contribution in [0.25, 0.3) is 0 Å². The van der Waals surface area contributed by atoms with Crippen LogP contribution in [0.1, 0.15) is 41.0 Å². The quantitative estimate of drug-likeness (QED) is 0.635. The van der Waals surface area contributed by atoms with Crippen molar-refractivity contribution in [2.45, 2.75) is 53.1 Å². The molecule has 0 aliphatic carbocycles. The molecular formula is C17H27N. The van der Waals surface area contributed by atoms with Gasteiger partial charge in [0.05, 0.1) is 0 Å². The third kappa shape index (κ3) is 3.38. The minimum atomic E-state index is 0.561. The highest BCUT2D eigenvalue weighted by atomic mass is 15.2. The maximum atomic E-state index is 3.81. The molecule has 0 amide bonds. The molecule has 1 aliphatic heterocycles. The van der Waals surface area contributed by atoms with Crippen LogP contribution in [-0.4, -0.2) is 17.0 Å². The van der Waals surface area contributed by atoms with Gasteiger partial charge in [-0.15, -0.1) is 0 Å². The van der Waals surface area contributed by atoms with Crippen molar-refractivity contribution in [3.8, 4) is 0 Å². The fraction of sp³-hybridized carbons (Fsp3) is 0.529. The molecule has 1 heterocycles. The zero-order chi connectivity index (χ0) is 13.7. The Balaban J connectivity index is 3.01. The average Bonchev–Trinajstić information content (AvgIpc) is 2.73. The van der Waals surface area contributed by atoms with Crippen molar-refractivity contribution in [1.82, 2.24) is 4.90 Å². The second kappa shape index (κ2) is 6.63. The molecule has 18 heavy (non-hydrogen) atoms. The van der Waals surface area contributed by atoms with Crippen molar-refractivity contribution in [3.63, 3.8) is 0 Å². The zero-order valence-electron chi connectivity index (χ0n) is 12.5. The molecule has 1 unspecified atom stereocenters. The summed E-state index contributed by atoms with van der Waals surface area (Å²) >= 11 is 0. The highest BCUT2D eigenvalue weighted by molar-refractivity contribution is 5.43. The van der Waals surface area contributed by atoms with Crippen LogP contribution in [0.5, 0.6) is 0 Å². The molecular weight excluding hydrogens is 218 g/mol. The van der Waals surface area contributed by atoms with Crippen molar-refractivity contribution >= 4 is 0 Å². The molecule has 0 bridgehead atoms. The Kier molecular flexibility index (Phi) is 5.46. The standard InChI is InChI=1S/C17H27N/c1-7-9-15(10-8-2)16-11-17(13(3)4)18(12-16)14(5)6/h7-10,12-14,17H,1,11H2,2-6H3/b10-8-,15-9+. The van der Waals surface area contributed by atoms with Gasteiger partial charge >= 0.3 is 0 Å². The predicted octanol–water partition coefficient (Wildman–Crippen LogP) is 4.70. The number of hydrogen-bond acceptors (Lipinski definition) is 1. The van der Waals surface area contributed by atoms with Gasteiger partial charge in [-0.25, -0.2) is 0 Å². The van der Waals surface area contributed by atoms with Gasteiger partial charge in [0.2, 0.25) is 0 Å². The Morgan fingerprint density at radius 3 is 2.44 bits per heavy atom. The first-order valence-corrected chi connectivity index (χ1v) is 6.95. The summed E-state index contributed by atoms with van der Waals surface area (Å²) in [4.78, 5) is 2.50. The molecule has 0 spiro atoms. The van der Waals surface area contributed by atoms with Crippen molar-refractivity contribution in [2.24, 2.45) is 5.92 Å². The highest BCUT2D eigenvalue weighted by Crippen LogP contribution is 2.33. The molecule has 1 atom stereocenters. The second-order valence-electron chi connectivity index (χ2n) is 5.57. The lowest BCUT2D eigenvalue weighted by molar-refractivity contribution is 0.200. The Morgan fingerprint density at radius 1 is 1.39 bits per heavy atom. The molecule has 0 radical (unpaired) electrons. The molecule has 0 aromatic carbocycles. The van der Waals surface area contributed by atoms with Crippen molar-refractivity contribution < 1.29 is 0 Å². The first-order chi connectivity index (χ1) is 8.51. The van der Waals surface area contributed by atoms with E-state index in [4.69, 9.17) is 0 Å².